The van der Waals surface area contributed by atoms with E-state index in [1.165, 1.54) is 0 Å². The Balaban J connectivity index is 1.49. The molecule has 32 heavy (non-hydrogen) atoms. The molecule has 2 aromatic heterocycles. The average Bonchev–Trinajstić information content (AvgIpc) is 3.30. The molecule has 1 aliphatic rings. The van der Waals surface area contributed by atoms with Crippen LogP contribution in [0, 0.1) is 0 Å². The van der Waals surface area contributed by atoms with Gasteiger partial charge in [0.2, 0.25) is 0 Å². The maximum Gasteiger partial charge on any atom is 0.269 e. The lowest BCUT2D eigenvalue weighted by Crippen LogP contribution is -2.35. The average molecular weight is 425 g/mol. The smallest absolute Gasteiger partial charge is 0.269 e. The third kappa shape index (κ3) is 3.51. The molecule has 0 saturated carbocycles. The predicted molar refractivity (Wildman–Crippen MR) is 117 cm³/mol. The molecule has 1 N–H and O–H groups in total. The van der Waals surface area contributed by atoms with Crippen molar-refractivity contribution < 1.29 is 14.3 Å². The summed E-state index contributed by atoms with van der Waals surface area (Å²) in [6.07, 6.45) is 1.64. The van der Waals surface area contributed by atoms with E-state index in [-0.39, 0.29) is 11.7 Å². The molecule has 0 unspecified atom stereocenters. The van der Waals surface area contributed by atoms with E-state index < -0.39 is 0 Å². The van der Waals surface area contributed by atoms with Gasteiger partial charge in [0.1, 0.15) is 17.1 Å². The lowest BCUT2D eigenvalue weighted by atomic mass is 10.0. The number of carbonyl (C=O) groups is 2. The van der Waals surface area contributed by atoms with Gasteiger partial charge in [-0.1, -0.05) is 30.3 Å². The van der Waals surface area contributed by atoms with Gasteiger partial charge in [0.05, 0.1) is 24.9 Å². The Morgan fingerprint density at radius 1 is 1.06 bits per heavy atom. The van der Waals surface area contributed by atoms with Crippen molar-refractivity contribution in [3.8, 4) is 28.5 Å². The van der Waals surface area contributed by atoms with Gasteiger partial charge in [-0.2, -0.15) is 5.10 Å². The third-order valence-corrected chi connectivity index (χ3v) is 5.27. The number of aromatic nitrogens is 4. The number of benzene rings is 2. The van der Waals surface area contributed by atoms with Crippen LogP contribution >= 0.6 is 0 Å². The molecule has 2 aromatic carbocycles. The zero-order valence-electron chi connectivity index (χ0n) is 17.3. The molecule has 0 saturated heterocycles. The second kappa shape index (κ2) is 8.07. The Kier molecular flexibility index (Phi) is 4.95. The molecule has 0 spiro atoms. The first-order chi connectivity index (χ1) is 15.6. The van der Waals surface area contributed by atoms with E-state index in [2.05, 4.69) is 20.4 Å². The molecule has 158 valence electrons. The minimum atomic E-state index is -0.146. The summed E-state index contributed by atoms with van der Waals surface area (Å²) in [6.45, 7) is 1.17. The molecule has 1 aliphatic heterocycles. The van der Waals surface area contributed by atoms with Crippen molar-refractivity contribution in [1.29, 1.82) is 0 Å². The zero-order valence-corrected chi connectivity index (χ0v) is 17.3. The number of hydrogen-bond donors (Lipinski definition) is 1. The summed E-state index contributed by atoms with van der Waals surface area (Å²) in [6, 6.07) is 17.8. The summed E-state index contributed by atoms with van der Waals surface area (Å²) in [7, 11) is 1.54. The fourth-order valence-electron chi connectivity index (χ4n) is 3.69. The number of ketones is 1. The first-order valence-corrected chi connectivity index (χ1v) is 10.1. The van der Waals surface area contributed by atoms with E-state index in [1.807, 2.05) is 12.1 Å². The standard InChI is InChI=1S/C24H19N5O3/c1-32-21-8-3-2-7-17(21)22(30)15-5-4-6-16(13-15)23-25-10-9-18(27-23)19-14-20-24(31)26-11-12-29(20)28-19/h2-10,13-14H,11-12H2,1H3,(H,26,31). The van der Waals surface area contributed by atoms with E-state index in [0.29, 0.717) is 58.4 Å². The Morgan fingerprint density at radius 2 is 1.94 bits per heavy atom. The van der Waals surface area contributed by atoms with Gasteiger partial charge in [-0.3, -0.25) is 14.3 Å². The highest BCUT2D eigenvalue weighted by molar-refractivity contribution is 6.11. The van der Waals surface area contributed by atoms with Crippen LogP contribution in [-0.4, -0.2) is 45.1 Å². The predicted octanol–water partition coefficient (Wildman–Crippen LogP) is 2.99. The van der Waals surface area contributed by atoms with Crippen LogP contribution in [0.1, 0.15) is 26.4 Å². The minimum absolute atomic E-state index is 0.145. The number of rotatable bonds is 5. The monoisotopic (exact) mass is 425 g/mol. The minimum Gasteiger partial charge on any atom is -0.496 e. The highest BCUT2D eigenvalue weighted by Crippen LogP contribution is 2.25. The largest absolute Gasteiger partial charge is 0.496 e. The molecule has 4 aromatic rings. The molecular weight excluding hydrogens is 406 g/mol. The lowest BCUT2D eigenvalue weighted by Gasteiger charge is -2.13. The van der Waals surface area contributed by atoms with Gasteiger partial charge in [-0.15, -0.1) is 0 Å². The lowest BCUT2D eigenvalue weighted by molar-refractivity contribution is 0.0924. The normalized spacial score (nSPS) is 12.7. The van der Waals surface area contributed by atoms with Crippen LogP contribution in [0.5, 0.6) is 5.75 Å². The van der Waals surface area contributed by atoms with Crippen molar-refractivity contribution in [1.82, 2.24) is 25.1 Å². The molecule has 0 bridgehead atoms. The van der Waals surface area contributed by atoms with Gasteiger partial charge in [-0.25, -0.2) is 9.97 Å². The fourth-order valence-corrected chi connectivity index (χ4v) is 3.69. The number of ether oxygens (including phenoxy) is 1. The summed E-state index contributed by atoms with van der Waals surface area (Å²) in [5.74, 6) is 0.696. The van der Waals surface area contributed by atoms with Gasteiger partial charge in [0.15, 0.2) is 11.6 Å². The van der Waals surface area contributed by atoms with E-state index in [0.717, 1.165) is 0 Å². The van der Waals surface area contributed by atoms with Gasteiger partial charge in [0.25, 0.3) is 5.91 Å². The van der Waals surface area contributed by atoms with Crippen LogP contribution in [0.15, 0.2) is 66.9 Å². The Morgan fingerprint density at radius 3 is 2.78 bits per heavy atom. The quantitative estimate of drug-likeness (QED) is 0.494. The van der Waals surface area contributed by atoms with Crippen LogP contribution in [0.25, 0.3) is 22.8 Å². The molecule has 0 radical (unpaired) electrons. The maximum atomic E-state index is 13.1. The summed E-state index contributed by atoms with van der Waals surface area (Å²) in [5.41, 5.74) is 3.41. The van der Waals surface area contributed by atoms with Gasteiger partial charge in [0, 0.05) is 23.9 Å². The molecule has 1 amide bonds. The molecule has 5 rings (SSSR count). The molecule has 0 aliphatic carbocycles. The molecule has 0 fully saturated rings. The van der Waals surface area contributed by atoms with Crippen molar-refractivity contribution >= 4 is 11.7 Å². The van der Waals surface area contributed by atoms with E-state index in [1.54, 1.807) is 66.5 Å². The van der Waals surface area contributed by atoms with Crippen molar-refractivity contribution in [3.63, 3.8) is 0 Å². The number of nitrogens with zero attached hydrogens (tertiary/aromatic N) is 4. The Hall–Kier alpha value is -4.33. The maximum absolute atomic E-state index is 13.1. The summed E-state index contributed by atoms with van der Waals surface area (Å²) < 4.78 is 7.01. The highest BCUT2D eigenvalue weighted by atomic mass is 16.5. The van der Waals surface area contributed by atoms with Crippen LogP contribution in [0.4, 0.5) is 0 Å². The number of nitrogens with one attached hydrogen (secondary N) is 1. The van der Waals surface area contributed by atoms with E-state index in [4.69, 9.17) is 4.74 Å². The van der Waals surface area contributed by atoms with Crippen LogP contribution < -0.4 is 10.1 Å². The van der Waals surface area contributed by atoms with E-state index >= 15 is 0 Å². The fraction of sp³-hybridized carbons (Fsp3) is 0.125. The molecule has 8 nitrogen and oxygen atoms in total. The summed E-state index contributed by atoms with van der Waals surface area (Å²) >= 11 is 0. The SMILES string of the molecule is COc1ccccc1C(=O)c1cccc(-c2nccc(-c3cc4n(n3)CCNC4=O)n2)c1. The number of fused-ring (bicyclic) bond motifs is 1. The summed E-state index contributed by atoms with van der Waals surface area (Å²) in [4.78, 5) is 34.1. The third-order valence-electron chi connectivity index (χ3n) is 5.27. The second-order valence-electron chi connectivity index (χ2n) is 7.27. The van der Waals surface area contributed by atoms with Crippen LogP contribution in [0.2, 0.25) is 0 Å². The number of hydrogen-bond acceptors (Lipinski definition) is 6. The zero-order chi connectivity index (χ0) is 22.1. The Labute approximate surface area is 183 Å². The number of methoxy groups -OCH3 is 1. The second-order valence-corrected chi connectivity index (χ2v) is 7.27. The van der Waals surface area contributed by atoms with E-state index in [9.17, 15) is 9.59 Å². The van der Waals surface area contributed by atoms with Crippen molar-refractivity contribution in [2.24, 2.45) is 0 Å². The topological polar surface area (TPSA) is 99.0 Å². The molecule has 3 heterocycles. The van der Waals surface area contributed by atoms with Gasteiger partial charge >= 0.3 is 0 Å². The molecule has 8 heteroatoms. The van der Waals surface area contributed by atoms with Crippen LogP contribution in [-0.2, 0) is 6.54 Å². The summed E-state index contributed by atoms with van der Waals surface area (Å²) in [5, 5.41) is 7.31. The first-order valence-electron chi connectivity index (χ1n) is 10.1. The van der Waals surface area contributed by atoms with Crippen molar-refractivity contribution in [3.05, 3.63) is 83.7 Å². The van der Waals surface area contributed by atoms with Crippen LogP contribution in [0.3, 0.4) is 0 Å². The van der Waals surface area contributed by atoms with Crippen molar-refractivity contribution in [2.45, 2.75) is 6.54 Å². The first kappa shape index (κ1) is 19.6. The highest BCUT2D eigenvalue weighted by Gasteiger charge is 2.21. The Bertz CT molecular complexity index is 1340. The molecular formula is C24H19N5O3. The van der Waals surface area contributed by atoms with Gasteiger partial charge in [-0.05, 0) is 30.3 Å². The number of carbonyl (C=O) groups excluding carboxylic acids is 2. The molecule has 0 atom stereocenters. The van der Waals surface area contributed by atoms with Gasteiger partial charge < -0.3 is 10.1 Å². The number of para-hydroxylation sites is 1. The number of amides is 1. The van der Waals surface area contributed by atoms with Crippen molar-refractivity contribution in [2.75, 3.05) is 13.7 Å².